The molecule has 0 N–H and O–H groups in total. The number of rotatable bonds is 4. The molecule has 1 atom stereocenters. The smallest absolute Gasteiger partial charge is 0.347 e. The molecule has 0 saturated heterocycles. The normalized spacial score (nSPS) is 12.2. The van der Waals surface area contributed by atoms with Gasteiger partial charge in [-0.25, -0.2) is 4.79 Å². The highest BCUT2D eigenvalue weighted by atomic mass is 35.5. The summed E-state index contributed by atoms with van der Waals surface area (Å²) in [6, 6.07) is 11.4. The van der Waals surface area contributed by atoms with Crippen LogP contribution < -0.4 is 4.74 Å². The molecular formula is C15H15ClO3. The van der Waals surface area contributed by atoms with Gasteiger partial charge in [-0.1, -0.05) is 41.9 Å². The lowest BCUT2D eigenvalue weighted by Gasteiger charge is -2.15. The van der Waals surface area contributed by atoms with Gasteiger partial charge in [-0.2, -0.15) is 0 Å². The summed E-state index contributed by atoms with van der Waals surface area (Å²) < 4.78 is 10.5. The van der Waals surface area contributed by atoms with Crippen molar-refractivity contribution in [2.45, 2.75) is 20.0 Å². The maximum atomic E-state index is 11.5. The van der Waals surface area contributed by atoms with E-state index in [0.29, 0.717) is 17.4 Å². The highest BCUT2D eigenvalue weighted by molar-refractivity contribution is 6.37. The first-order valence-electron chi connectivity index (χ1n) is 6.14. The van der Waals surface area contributed by atoms with Gasteiger partial charge in [0.15, 0.2) is 6.10 Å². The van der Waals surface area contributed by atoms with Crippen molar-refractivity contribution in [3.63, 3.8) is 0 Å². The zero-order chi connectivity index (χ0) is 13.8. The van der Waals surface area contributed by atoms with Gasteiger partial charge in [0, 0.05) is 5.39 Å². The van der Waals surface area contributed by atoms with E-state index in [0.717, 1.165) is 10.8 Å². The molecule has 4 heteroatoms. The largest absolute Gasteiger partial charge is 0.477 e. The summed E-state index contributed by atoms with van der Waals surface area (Å²) in [6.07, 6.45) is -0.682. The van der Waals surface area contributed by atoms with Crippen molar-refractivity contribution in [3.05, 3.63) is 41.4 Å². The minimum Gasteiger partial charge on any atom is -0.477 e. The van der Waals surface area contributed by atoms with Gasteiger partial charge in [-0.05, 0) is 25.3 Å². The molecule has 0 spiro atoms. The Morgan fingerprint density at radius 2 is 2.00 bits per heavy atom. The van der Waals surface area contributed by atoms with E-state index in [4.69, 9.17) is 21.1 Å². The van der Waals surface area contributed by atoms with Crippen LogP contribution in [0.5, 0.6) is 5.75 Å². The van der Waals surface area contributed by atoms with Crippen molar-refractivity contribution in [2.24, 2.45) is 0 Å². The molecule has 0 aliphatic heterocycles. The number of hydrogen-bond acceptors (Lipinski definition) is 3. The Bertz CT molecular complexity index is 595. The molecule has 19 heavy (non-hydrogen) atoms. The van der Waals surface area contributed by atoms with Gasteiger partial charge in [-0.15, -0.1) is 0 Å². The molecule has 0 heterocycles. The van der Waals surface area contributed by atoms with E-state index in [1.165, 1.54) is 0 Å². The number of hydrogen-bond donors (Lipinski definition) is 0. The van der Waals surface area contributed by atoms with Crippen LogP contribution in [0.1, 0.15) is 13.8 Å². The molecule has 2 aromatic rings. The lowest BCUT2D eigenvalue weighted by Crippen LogP contribution is -2.26. The summed E-state index contributed by atoms with van der Waals surface area (Å²) in [5.41, 5.74) is 0. The highest BCUT2D eigenvalue weighted by Gasteiger charge is 2.17. The van der Waals surface area contributed by atoms with Gasteiger partial charge in [0.05, 0.1) is 11.6 Å². The predicted octanol–water partition coefficient (Wildman–Crippen LogP) is 3.82. The number of carbonyl (C=O) groups is 1. The first-order valence-corrected chi connectivity index (χ1v) is 6.51. The van der Waals surface area contributed by atoms with Gasteiger partial charge in [-0.3, -0.25) is 0 Å². The number of halogens is 1. The van der Waals surface area contributed by atoms with Crippen LogP contribution in [0, 0.1) is 0 Å². The molecule has 0 aromatic heterocycles. The van der Waals surface area contributed by atoms with Crippen LogP contribution in [-0.4, -0.2) is 18.7 Å². The Morgan fingerprint density at radius 1 is 1.26 bits per heavy atom. The third kappa shape index (κ3) is 2.99. The summed E-state index contributed by atoms with van der Waals surface area (Å²) >= 11 is 6.29. The van der Waals surface area contributed by atoms with Crippen LogP contribution in [0.2, 0.25) is 5.02 Å². The number of esters is 1. The lowest BCUT2D eigenvalue weighted by atomic mass is 10.1. The average molecular weight is 279 g/mol. The molecule has 0 aliphatic rings. The molecule has 0 fully saturated rings. The molecule has 0 saturated carbocycles. The van der Waals surface area contributed by atoms with E-state index in [1.54, 1.807) is 19.9 Å². The van der Waals surface area contributed by atoms with Gasteiger partial charge >= 0.3 is 5.97 Å². The fourth-order valence-electron chi connectivity index (χ4n) is 1.80. The van der Waals surface area contributed by atoms with Gasteiger partial charge in [0.1, 0.15) is 5.75 Å². The third-order valence-electron chi connectivity index (χ3n) is 2.75. The molecular weight excluding hydrogens is 264 g/mol. The number of ether oxygens (including phenoxy) is 2. The Hall–Kier alpha value is -1.74. The molecule has 0 aliphatic carbocycles. The quantitative estimate of drug-likeness (QED) is 0.798. The summed E-state index contributed by atoms with van der Waals surface area (Å²) in [6.45, 7) is 3.73. The van der Waals surface area contributed by atoms with Crippen molar-refractivity contribution < 1.29 is 14.3 Å². The number of fused-ring (bicyclic) bond motifs is 1. The maximum absolute atomic E-state index is 11.5. The Morgan fingerprint density at radius 3 is 2.74 bits per heavy atom. The molecule has 1 unspecified atom stereocenters. The van der Waals surface area contributed by atoms with E-state index < -0.39 is 12.1 Å². The summed E-state index contributed by atoms with van der Waals surface area (Å²) in [4.78, 5) is 11.5. The predicted molar refractivity (Wildman–Crippen MR) is 75.7 cm³/mol. The monoisotopic (exact) mass is 278 g/mol. The van der Waals surface area contributed by atoms with Crippen LogP contribution in [-0.2, 0) is 9.53 Å². The van der Waals surface area contributed by atoms with E-state index in [1.807, 2.05) is 30.3 Å². The molecule has 0 bridgehead atoms. The van der Waals surface area contributed by atoms with Crippen LogP contribution in [0.15, 0.2) is 36.4 Å². The Kier molecular flexibility index (Phi) is 4.27. The summed E-state index contributed by atoms with van der Waals surface area (Å²) in [5.74, 6) is 0.0904. The van der Waals surface area contributed by atoms with Crippen LogP contribution in [0.3, 0.4) is 0 Å². The van der Waals surface area contributed by atoms with E-state index in [-0.39, 0.29) is 0 Å². The summed E-state index contributed by atoms with van der Waals surface area (Å²) in [5, 5.41) is 2.44. The van der Waals surface area contributed by atoms with E-state index >= 15 is 0 Å². The third-order valence-corrected chi connectivity index (χ3v) is 3.14. The number of carbonyl (C=O) groups excluding carboxylic acids is 1. The molecule has 0 radical (unpaired) electrons. The van der Waals surface area contributed by atoms with Crippen molar-refractivity contribution in [1.29, 1.82) is 0 Å². The van der Waals surface area contributed by atoms with Crippen LogP contribution in [0.4, 0.5) is 0 Å². The first-order chi connectivity index (χ1) is 9.13. The highest BCUT2D eigenvalue weighted by Crippen LogP contribution is 2.33. The molecule has 100 valence electrons. The van der Waals surface area contributed by atoms with Crippen molar-refractivity contribution in [2.75, 3.05) is 6.61 Å². The minimum atomic E-state index is -0.682. The second-order valence-corrected chi connectivity index (χ2v) is 4.49. The molecule has 3 nitrogen and oxygen atoms in total. The van der Waals surface area contributed by atoms with Gasteiger partial charge < -0.3 is 9.47 Å². The van der Waals surface area contributed by atoms with Crippen molar-refractivity contribution in [3.8, 4) is 5.75 Å². The van der Waals surface area contributed by atoms with Crippen molar-refractivity contribution >= 4 is 28.3 Å². The van der Waals surface area contributed by atoms with Gasteiger partial charge in [0.2, 0.25) is 0 Å². The topological polar surface area (TPSA) is 35.5 Å². The van der Waals surface area contributed by atoms with E-state index in [2.05, 4.69) is 0 Å². The second-order valence-electron chi connectivity index (χ2n) is 4.11. The molecule has 0 amide bonds. The number of benzene rings is 2. The SMILES string of the molecule is CCOC(=O)C(C)Oc1ccc2ccccc2c1Cl. The standard InChI is InChI=1S/C15H15ClO3/c1-3-18-15(17)10(2)19-13-9-8-11-6-4-5-7-12(11)14(13)16/h4-10H,3H2,1-2H3. The maximum Gasteiger partial charge on any atom is 0.347 e. The van der Waals surface area contributed by atoms with E-state index in [9.17, 15) is 4.79 Å². The van der Waals surface area contributed by atoms with Crippen molar-refractivity contribution in [1.82, 2.24) is 0 Å². The second kappa shape index (κ2) is 5.93. The fourth-order valence-corrected chi connectivity index (χ4v) is 2.08. The molecule has 2 rings (SSSR count). The van der Waals surface area contributed by atoms with Gasteiger partial charge in [0.25, 0.3) is 0 Å². The Labute approximate surface area is 117 Å². The molecule has 2 aromatic carbocycles. The zero-order valence-electron chi connectivity index (χ0n) is 10.9. The first kappa shape index (κ1) is 13.7. The average Bonchev–Trinajstić information content (AvgIpc) is 2.42. The zero-order valence-corrected chi connectivity index (χ0v) is 11.6. The van der Waals surface area contributed by atoms with Crippen LogP contribution >= 0.6 is 11.6 Å². The Balaban J connectivity index is 2.26. The minimum absolute atomic E-state index is 0.331. The lowest BCUT2D eigenvalue weighted by molar-refractivity contribution is -0.150. The fraction of sp³-hybridized carbons (Fsp3) is 0.267. The van der Waals surface area contributed by atoms with Crippen LogP contribution in [0.25, 0.3) is 10.8 Å². The summed E-state index contributed by atoms with van der Waals surface area (Å²) in [7, 11) is 0.